The first-order valence-electron chi connectivity index (χ1n) is 8.09. The topological polar surface area (TPSA) is 33.4 Å². The molecular weight excluding hydrogens is 320 g/mol. The fourth-order valence-corrected chi connectivity index (χ4v) is 3.74. The zero-order valence-electron chi connectivity index (χ0n) is 14.2. The summed E-state index contributed by atoms with van der Waals surface area (Å²) < 4.78 is 2.16. The van der Waals surface area contributed by atoms with Gasteiger partial charge in [-0.15, -0.1) is 5.06 Å². The fraction of sp³-hybridized carbons (Fsp3) is 0.263. The van der Waals surface area contributed by atoms with Crippen LogP contribution in [0.5, 0.6) is 0 Å². The van der Waals surface area contributed by atoms with Crippen molar-refractivity contribution in [1.82, 2.24) is 5.06 Å². The molecule has 0 saturated carbocycles. The summed E-state index contributed by atoms with van der Waals surface area (Å²) in [5.74, 6) is 0. The Balaban J connectivity index is 2.11. The zero-order chi connectivity index (χ0) is 17.1. The summed E-state index contributed by atoms with van der Waals surface area (Å²) in [4.78, 5) is 18.8. The summed E-state index contributed by atoms with van der Waals surface area (Å²) in [6.45, 7) is 5.28. The van der Waals surface area contributed by atoms with Crippen LogP contribution in [-0.4, -0.2) is 23.5 Å². The first kappa shape index (κ1) is 16.7. The third-order valence-corrected chi connectivity index (χ3v) is 5.00. The van der Waals surface area contributed by atoms with Crippen molar-refractivity contribution >= 4 is 38.9 Å². The SMILES string of the molecule is CCN(CC)OC(=O)Sc1c2ccccc2[n+](C)c2ccccc12. The Hall–Kier alpha value is -2.11. The number of hydroxylamine groups is 2. The van der Waals surface area contributed by atoms with Gasteiger partial charge in [-0.1, -0.05) is 24.3 Å². The van der Waals surface area contributed by atoms with E-state index in [1.165, 1.54) is 0 Å². The molecule has 0 fully saturated rings. The smallest absolute Gasteiger partial charge is 0.359 e. The third kappa shape index (κ3) is 3.09. The Labute approximate surface area is 146 Å². The van der Waals surface area contributed by atoms with Gasteiger partial charge in [0.2, 0.25) is 11.0 Å². The maximum absolute atomic E-state index is 12.4. The molecule has 0 radical (unpaired) electrons. The highest BCUT2D eigenvalue weighted by molar-refractivity contribution is 8.13. The molecule has 2 aromatic carbocycles. The van der Waals surface area contributed by atoms with Crippen LogP contribution in [0.3, 0.4) is 0 Å². The molecule has 0 amide bonds. The molecule has 0 aliphatic heterocycles. The van der Waals surface area contributed by atoms with E-state index in [4.69, 9.17) is 4.84 Å². The van der Waals surface area contributed by atoms with Crippen LogP contribution in [0.1, 0.15) is 13.8 Å². The molecule has 3 aromatic rings. The highest BCUT2D eigenvalue weighted by Crippen LogP contribution is 2.34. The van der Waals surface area contributed by atoms with Gasteiger partial charge in [0, 0.05) is 30.1 Å². The predicted octanol–water partition coefficient (Wildman–Crippen LogP) is 4.30. The fourth-order valence-electron chi connectivity index (χ4n) is 2.86. The molecule has 4 nitrogen and oxygen atoms in total. The molecule has 1 heterocycles. The lowest BCUT2D eigenvalue weighted by Gasteiger charge is -2.17. The van der Waals surface area contributed by atoms with E-state index in [0.29, 0.717) is 13.1 Å². The highest BCUT2D eigenvalue weighted by atomic mass is 32.2. The van der Waals surface area contributed by atoms with E-state index in [0.717, 1.165) is 38.5 Å². The van der Waals surface area contributed by atoms with E-state index >= 15 is 0 Å². The normalized spacial score (nSPS) is 11.3. The van der Waals surface area contributed by atoms with Crippen molar-refractivity contribution in [2.24, 2.45) is 7.05 Å². The molecule has 0 unspecified atom stereocenters. The molecule has 0 atom stereocenters. The van der Waals surface area contributed by atoms with Crippen LogP contribution in [0.15, 0.2) is 53.4 Å². The van der Waals surface area contributed by atoms with Gasteiger partial charge in [-0.25, -0.2) is 4.79 Å². The first-order valence-corrected chi connectivity index (χ1v) is 8.91. The van der Waals surface area contributed by atoms with E-state index in [2.05, 4.69) is 28.8 Å². The average molecular weight is 341 g/mol. The molecule has 0 saturated heterocycles. The maximum atomic E-state index is 12.4. The van der Waals surface area contributed by atoms with Crippen LogP contribution in [0.2, 0.25) is 0 Å². The number of hydrogen-bond acceptors (Lipinski definition) is 4. The monoisotopic (exact) mass is 341 g/mol. The Morgan fingerprint density at radius 3 is 2.00 bits per heavy atom. The van der Waals surface area contributed by atoms with Crippen LogP contribution < -0.4 is 4.57 Å². The molecular formula is C19H21N2O2S+. The second kappa shape index (κ2) is 7.20. The largest absolute Gasteiger partial charge is 0.391 e. The van der Waals surface area contributed by atoms with Gasteiger partial charge in [0.25, 0.3) is 0 Å². The lowest BCUT2D eigenvalue weighted by atomic mass is 10.1. The van der Waals surface area contributed by atoms with E-state index in [-0.39, 0.29) is 5.30 Å². The van der Waals surface area contributed by atoms with Crippen LogP contribution in [-0.2, 0) is 11.9 Å². The Bertz CT molecular complexity index is 834. The van der Waals surface area contributed by atoms with E-state index in [9.17, 15) is 4.79 Å². The third-order valence-electron chi connectivity index (χ3n) is 4.11. The summed E-state index contributed by atoms with van der Waals surface area (Å²) >= 11 is 1.15. The van der Waals surface area contributed by atoms with Crippen molar-refractivity contribution in [2.75, 3.05) is 13.1 Å². The number of nitrogens with zero attached hydrogens (tertiary/aromatic N) is 2. The Morgan fingerprint density at radius 2 is 1.50 bits per heavy atom. The van der Waals surface area contributed by atoms with Crippen LogP contribution in [0, 0.1) is 0 Å². The minimum absolute atomic E-state index is 0.303. The zero-order valence-corrected chi connectivity index (χ0v) is 15.0. The summed E-state index contributed by atoms with van der Waals surface area (Å²) in [5.41, 5.74) is 2.18. The number of rotatable bonds is 4. The highest BCUT2D eigenvalue weighted by Gasteiger charge is 2.21. The number of carbonyl (C=O) groups is 1. The number of aromatic nitrogens is 1. The second-order valence-electron chi connectivity index (χ2n) is 5.48. The summed E-state index contributed by atoms with van der Waals surface area (Å²) in [7, 11) is 2.05. The van der Waals surface area contributed by atoms with Crippen molar-refractivity contribution < 1.29 is 14.2 Å². The molecule has 124 valence electrons. The summed E-state index contributed by atoms with van der Waals surface area (Å²) in [6.07, 6.45) is 0. The minimum Gasteiger partial charge on any atom is -0.359 e. The van der Waals surface area contributed by atoms with Gasteiger partial charge in [0.05, 0.1) is 10.8 Å². The van der Waals surface area contributed by atoms with Crippen molar-refractivity contribution in [3.63, 3.8) is 0 Å². The second-order valence-corrected chi connectivity index (χ2v) is 6.43. The van der Waals surface area contributed by atoms with Crippen molar-refractivity contribution in [3.8, 4) is 0 Å². The molecule has 0 N–H and O–H groups in total. The minimum atomic E-state index is -0.303. The van der Waals surface area contributed by atoms with E-state index in [1.54, 1.807) is 5.06 Å². The lowest BCUT2D eigenvalue weighted by molar-refractivity contribution is -0.617. The number of carbonyl (C=O) groups excluding carboxylic acids is 1. The van der Waals surface area contributed by atoms with Gasteiger partial charge in [-0.05, 0) is 37.7 Å². The summed E-state index contributed by atoms with van der Waals surface area (Å²) in [6, 6.07) is 16.3. The van der Waals surface area contributed by atoms with Crippen LogP contribution >= 0.6 is 11.8 Å². The molecule has 3 rings (SSSR count). The number of fused-ring (bicyclic) bond motifs is 2. The molecule has 0 spiro atoms. The molecule has 0 bridgehead atoms. The molecule has 1 aromatic heterocycles. The number of para-hydroxylation sites is 2. The lowest BCUT2D eigenvalue weighted by Crippen LogP contribution is -2.30. The summed E-state index contributed by atoms with van der Waals surface area (Å²) in [5, 5.41) is 3.46. The van der Waals surface area contributed by atoms with E-state index in [1.807, 2.05) is 45.2 Å². The predicted molar refractivity (Wildman–Crippen MR) is 97.9 cm³/mol. The number of aryl methyl sites for hydroxylation is 1. The van der Waals surface area contributed by atoms with Gasteiger partial charge < -0.3 is 4.84 Å². The van der Waals surface area contributed by atoms with Crippen molar-refractivity contribution in [2.45, 2.75) is 18.7 Å². The first-order chi connectivity index (χ1) is 11.7. The van der Waals surface area contributed by atoms with Gasteiger partial charge in [0.15, 0.2) is 0 Å². The van der Waals surface area contributed by atoms with Gasteiger partial charge in [-0.3, -0.25) is 0 Å². The number of hydrogen-bond donors (Lipinski definition) is 0. The molecule has 0 aliphatic carbocycles. The van der Waals surface area contributed by atoms with Gasteiger partial charge in [0.1, 0.15) is 7.05 Å². The van der Waals surface area contributed by atoms with Crippen LogP contribution in [0.25, 0.3) is 21.8 Å². The van der Waals surface area contributed by atoms with E-state index < -0.39 is 0 Å². The molecule has 5 heteroatoms. The van der Waals surface area contributed by atoms with Crippen LogP contribution in [0.4, 0.5) is 4.79 Å². The number of benzene rings is 2. The van der Waals surface area contributed by atoms with Gasteiger partial charge >= 0.3 is 5.30 Å². The standard InChI is InChI=1S/C19H21N2O2S/c1-4-21(5-2)23-19(22)24-18-14-10-6-8-12-16(14)20(3)17-13-9-7-11-15(17)18/h6-13H,4-5H2,1-3H3/q+1. The Morgan fingerprint density at radius 1 is 1.00 bits per heavy atom. The average Bonchev–Trinajstić information content (AvgIpc) is 2.63. The molecule has 24 heavy (non-hydrogen) atoms. The molecule has 0 aliphatic rings. The Kier molecular flexibility index (Phi) is 5.02. The number of thioether (sulfide) groups is 1. The quantitative estimate of drug-likeness (QED) is 0.307. The van der Waals surface area contributed by atoms with Crippen molar-refractivity contribution in [3.05, 3.63) is 48.5 Å². The number of pyridine rings is 1. The maximum Gasteiger partial charge on any atom is 0.391 e. The van der Waals surface area contributed by atoms with Crippen molar-refractivity contribution in [1.29, 1.82) is 0 Å². The van der Waals surface area contributed by atoms with Gasteiger partial charge in [-0.2, -0.15) is 4.57 Å².